The molecular weight excluding hydrogens is 455 g/mol. The van der Waals surface area contributed by atoms with E-state index in [1.54, 1.807) is 14.0 Å². The van der Waals surface area contributed by atoms with E-state index >= 15 is 0 Å². The van der Waals surface area contributed by atoms with Crippen molar-refractivity contribution in [1.82, 2.24) is 15.4 Å². The van der Waals surface area contributed by atoms with E-state index in [0.717, 1.165) is 23.4 Å². The molecule has 7 nitrogen and oxygen atoms in total. The second-order valence-electron chi connectivity index (χ2n) is 5.24. The van der Waals surface area contributed by atoms with Gasteiger partial charge in [0, 0.05) is 25.2 Å². The van der Waals surface area contributed by atoms with Gasteiger partial charge in [0.2, 0.25) is 10.0 Å². The number of benzene rings is 1. The molecular formula is C16H29IN4O3S. The molecule has 0 heterocycles. The molecule has 0 unspecified atom stereocenters. The molecule has 0 spiro atoms. The largest absolute Gasteiger partial charge is 0.496 e. The number of sulfonamides is 1. The van der Waals surface area contributed by atoms with E-state index in [1.165, 1.54) is 0 Å². The lowest BCUT2D eigenvalue weighted by atomic mass is 10.1. The lowest BCUT2D eigenvalue weighted by Crippen LogP contribution is -2.41. The Morgan fingerprint density at radius 2 is 1.92 bits per heavy atom. The van der Waals surface area contributed by atoms with Crippen molar-refractivity contribution in [2.45, 2.75) is 27.3 Å². The van der Waals surface area contributed by atoms with Crippen LogP contribution in [-0.4, -0.2) is 46.9 Å². The van der Waals surface area contributed by atoms with Crippen molar-refractivity contribution in [1.29, 1.82) is 0 Å². The first-order valence-electron chi connectivity index (χ1n) is 8.04. The predicted molar refractivity (Wildman–Crippen MR) is 113 cm³/mol. The van der Waals surface area contributed by atoms with Crippen LogP contribution in [-0.2, 0) is 16.6 Å². The molecule has 25 heavy (non-hydrogen) atoms. The number of methoxy groups -OCH3 is 1. The van der Waals surface area contributed by atoms with Gasteiger partial charge in [-0.1, -0.05) is 12.1 Å². The molecule has 1 aromatic carbocycles. The van der Waals surface area contributed by atoms with E-state index in [2.05, 4.69) is 20.3 Å². The molecule has 0 aliphatic carbocycles. The number of hydrogen-bond donors (Lipinski definition) is 3. The predicted octanol–water partition coefficient (Wildman–Crippen LogP) is 1.62. The molecule has 0 atom stereocenters. The van der Waals surface area contributed by atoms with Crippen molar-refractivity contribution >= 4 is 40.0 Å². The van der Waals surface area contributed by atoms with Crippen LogP contribution in [0.2, 0.25) is 0 Å². The van der Waals surface area contributed by atoms with Crippen molar-refractivity contribution in [3.8, 4) is 5.75 Å². The van der Waals surface area contributed by atoms with E-state index in [0.29, 0.717) is 25.6 Å². The molecule has 144 valence electrons. The van der Waals surface area contributed by atoms with Crippen molar-refractivity contribution in [2.75, 3.05) is 32.5 Å². The number of aliphatic imine (C=N–C) groups is 1. The Bertz CT molecular complexity index is 651. The lowest BCUT2D eigenvalue weighted by Gasteiger charge is -2.13. The van der Waals surface area contributed by atoms with Gasteiger partial charge in [0.1, 0.15) is 5.75 Å². The summed E-state index contributed by atoms with van der Waals surface area (Å²) >= 11 is 0. The molecule has 0 bridgehead atoms. The Labute approximate surface area is 168 Å². The molecule has 0 saturated heterocycles. The van der Waals surface area contributed by atoms with Gasteiger partial charge in [-0.3, -0.25) is 0 Å². The second kappa shape index (κ2) is 12.3. The minimum atomic E-state index is -3.16. The first kappa shape index (κ1) is 23.9. The summed E-state index contributed by atoms with van der Waals surface area (Å²) in [7, 11) is -1.52. The van der Waals surface area contributed by atoms with Crippen LogP contribution in [0, 0.1) is 6.92 Å². The molecule has 0 aliphatic rings. The number of nitrogens with zero attached hydrogens (tertiary/aromatic N) is 1. The van der Waals surface area contributed by atoms with Crippen LogP contribution in [0.25, 0.3) is 0 Å². The van der Waals surface area contributed by atoms with E-state index < -0.39 is 10.0 Å². The Hall–Kier alpha value is -1.07. The molecule has 9 heteroatoms. The third-order valence-corrected chi connectivity index (χ3v) is 4.72. The zero-order valence-corrected chi connectivity index (χ0v) is 18.4. The van der Waals surface area contributed by atoms with Crippen LogP contribution in [0.4, 0.5) is 0 Å². The van der Waals surface area contributed by atoms with Gasteiger partial charge in [-0.05, 0) is 32.4 Å². The SMILES string of the molecule is CCNC(=NCc1ccc(C)cc1OC)NCCNS(=O)(=O)CC.I. The quantitative estimate of drug-likeness (QED) is 0.215. The van der Waals surface area contributed by atoms with Crippen molar-refractivity contribution in [3.05, 3.63) is 29.3 Å². The summed E-state index contributed by atoms with van der Waals surface area (Å²) in [6.45, 7) is 7.56. The number of nitrogens with one attached hydrogen (secondary N) is 3. The highest BCUT2D eigenvalue weighted by Crippen LogP contribution is 2.20. The fourth-order valence-electron chi connectivity index (χ4n) is 1.98. The lowest BCUT2D eigenvalue weighted by molar-refractivity contribution is 0.409. The number of aryl methyl sites for hydroxylation is 1. The maximum absolute atomic E-state index is 11.4. The third kappa shape index (κ3) is 9.26. The van der Waals surface area contributed by atoms with E-state index in [-0.39, 0.29) is 29.7 Å². The van der Waals surface area contributed by atoms with Gasteiger partial charge < -0.3 is 15.4 Å². The minimum absolute atomic E-state index is 0. The van der Waals surface area contributed by atoms with Gasteiger partial charge in [-0.25, -0.2) is 18.1 Å². The van der Waals surface area contributed by atoms with Crippen LogP contribution in [0.15, 0.2) is 23.2 Å². The monoisotopic (exact) mass is 484 g/mol. The Morgan fingerprint density at radius 1 is 1.20 bits per heavy atom. The number of halogens is 1. The van der Waals surface area contributed by atoms with Crippen molar-refractivity contribution < 1.29 is 13.2 Å². The highest BCUT2D eigenvalue weighted by Gasteiger charge is 2.06. The van der Waals surface area contributed by atoms with Gasteiger partial charge in [0.05, 0.1) is 19.4 Å². The molecule has 0 amide bonds. The third-order valence-electron chi connectivity index (χ3n) is 3.31. The van der Waals surface area contributed by atoms with Crippen LogP contribution in [0.1, 0.15) is 25.0 Å². The molecule has 0 fully saturated rings. The topological polar surface area (TPSA) is 91.8 Å². The summed E-state index contributed by atoms with van der Waals surface area (Å²) in [4.78, 5) is 4.51. The van der Waals surface area contributed by atoms with Gasteiger partial charge in [0.15, 0.2) is 5.96 Å². The smallest absolute Gasteiger partial charge is 0.211 e. The van der Waals surface area contributed by atoms with Crippen LogP contribution < -0.4 is 20.1 Å². The Kier molecular flexibility index (Phi) is 11.8. The summed E-state index contributed by atoms with van der Waals surface area (Å²) in [6.07, 6.45) is 0. The number of ether oxygens (including phenoxy) is 1. The van der Waals surface area contributed by atoms with Gasteiger partial charge in [-0.2, -0.15) is 0 Å². The summed E-state index contributed by atoms with van der Waals surface area (Å²) in [6, 6.07) is 5.99. The Morgan fingerprint density at radius 3 is 2.52 bits per heavy atom. The molecule has 0 radical (unpaired) electrons. The highest BCUT2D eigenvalue weighted by atomic mass is 127. The fraction of sp³-hybridized carbons (Fsp3) is 0.562. The number of rotatable bonds is 9. The average molecular weight is 484 g/mol. The van der Waals surface area contributed by atoms with E-state index in [4.69, 9.17) is 4.74 Å². The zero-order valence-electron chi connectivity index (χ0n) is 15.3. The number of guanidine groups is 1. The molecule has 0 aromatic heterocycles. The normalized spacial score (nSPS) is 11.6. The summed E-state index contributed by atoms with van der Waals surface area (Å²) in [5.41, 5.74) is 2.12. The van der Waals surface area contributed by atoms with Gasteiger partial charge in [0.25, 0.3) is 0 Å². The van der Waals surface area contributed by atoms with Crippen molar-refractivity contribution in [2.24, 2.45) is 4.99 Å². The molecule has 0 saturated carbocycles. The van der Waals surface area contributed by atoms with E-state index in [1.807, 2.05) is 32.0 Å². The maximum Gasteiger partial charge on any atom is 0.211 e. The maximum atomic E-state index is 11.4. The van der Waals surface area contributed by atoms with Crippen LogP contribution in [0.3, 0.4) is 0 Å². The number of hydrogen-bond acceptors (Lipinski definition) is 4. The van der Waals surface area contributed by atoms with Crippen LogP contribution >= 0.6 is 24.0 Å². The summed E-state index contributed by atoms with van der Waals surface area (Å²) in [5, 5.41) is 6.24. The summed E-state index contributed by atoms with van der Waals surface area (Å²) in [5.74, 6) is 1.52. The Balaban J connectivity index is 0.00000576. The van der Waals surface area contributed by atoms with Gasteiger partial charge >= 0.3 is 0 Å². The molecule has 1 rings (SSSR count). The zero-order chi connectivity index (χ0) is 18.0. The molecule has 3 N–H and O–H groups in total. The average Bonchev–Trinajstić information content (AvgIpc) is 2.57. The second-order valence-corrected chi connectivity index (χ2v) is 7.33. The first-order chi connectivity index (χ1) is 11.4. The van der Waals surface area contributed by atoms with Crippen LogP contribution in [0.5, 0.6) is 5.75 Å². The van der Waals surface area contributed by atoms with E-state index in [9.17, 15) is 8.42 Å². The molecule has 0 aliphatic heterocycles. The standard InChI is InChI=1S/C16H28N4O3S.HI/c1-5-17-16(18-9-10-20-24(21,22)6-2)19-12-14-8-7-13(3)11-15(14)23-4;/h7-8,11,20H,5-6,9-10,12H2,1-4H3,(H2,17,18,19);1H. The summed E-state index contributed by atoms with van der Waals surface area (Å²) < 4.78 is 30.7. The minimum Gasteiger partial charge on any atom is -0.496 e. The van der Waals surface area contributed by atoms with Gasteiger partial charge in [-0.15, -0.1) is 24.0 Å². The fourth-order valence-corrected chi connectivity index (χ4v) is 2.60. The highest BCUT2D eigenvalue weighted by molar-refractivity contribution is 14.0. The van der Waals surface area contributed by atoms with Crippen molar-refractivity contribution in [3.63, 3.8) is 0 Å². The first-order valence-corrected chi connectivity index (χ1v) is 9.70. The molecule has 1 aromatic rings.